The van der Waals surface area contributed by atoms with Gasteiger partial charge in [0.1, 0.15) is 0 Å². The second-order valence-electron chi connectivity index (χ2n) is 9.02. The van der Waals surface area contributed by atoms with E-state index >= 15 is 0 Å². The lowest BCUT2D eigenvalue weighted by Gasteiger charge is -2.17. The van der Waals surface area contributed by atoms with Crippen LogP contribution in [0.5, 0.6) is 0 Å². The monoisotopic (exact) mass is 496 g/mol. The average Bonchev–Trinajstić information content (AvgIpc) is 2.82. The lowest BCUT2D eigenvalue weighted by atomic mass is 9.95. The normalized spacial score (nSPS) is 11.7. The van der Waals surface area contributed by atoms with Gasteiger partial charge in [0.2, 0.25) is 15.9 Å². The molecule has 3 aromatic rings. The number of esters is 1. The minimum atomic E-state index is -3.80. The molecule has 184 valence electrons. The molecule has 9 heteroatoms. The van der Waals surface area contributed by atoms with Crippen molar-refractivity contribution in [2.24, 2.45) is 5.41 Å². The van der Waals surface area contributed by atoms with Crippen LogP contribution in [0.3, 0.4) is 0 Å². The fourth-order valence-corrected chi connectivity index (χ4v) is 4.13. The van der Waals surface area contributed by atoms with Crippen LogP contribution in [-0.2, 0) is 24.3 Å². The van der Waals surface area contributed by atoms with Crippen molar-refractivity contribution < 1.29 is 27.5 Å². The first-order valence-electron chi connectivity index (χ1n) is 11.0. The van der Waals surface area contributed by atoms with Gasteiger partial charge in [-0.3, -0.25) is 14.4 Å². The van der Waals surface area contributed by atoms with Crippen molar-refractivity contribution in [3.05, 3.63) is 72.3 Å². The van der Waals surface area contributed by atoms with Crippen LogP contribution in [0.25, 0.3) is 10.8 Å². The molecule has 0 aliphatic heterocycles. The van der Waals surface area contributed by atoms with E-state index in [0.717, 1.165) is 10.8 Å². The Morgan fingerprint density at radius 3 is 2.20 bits per heavy atom. The highest BCUT2D eigenvalue weighted by Crippen LogP contribution is 2.19. The SMILES string of the molecule is CC(C)(C)C(=O)Nc1ccc(C(=O)COC(=O)CCNS(=O)(=O)c2ccc3ccccc3c2)cc1. The number of ether oxygens (including phenoxy) is 1. The summed E-state index contributed by atoms with van der Waals surface area (Å²) in [6.45, 7) is 4.75. The number of carbonyl (C=O) groups excluding carboxylic acids is 3. The molecule has 0 saturated carbocycles. The Hall–Kier alpha value is -3.56. The molecule has 0 aliphatic rings. The van der Waals surface area contributed by atoms with Gasteiger partial charge in [-0.25, -0.2) is 13.1 Å². The van der Waals surface area contributed by atoms with Gasteiger partial charge in [0.05, 0.1) is 11.3 Å². The third kappa shape index (κ3) is 7.21. The van der Waals surface area contributed by atoms with Crippen LogP contribution in [0.4, 0.5) is 5.69 Å². The maximum absolute atomic E-state index is 12.5. The van der Waals surface area contributed by atoms with E-state index in [1.54, 1.807) is 45.0 Å². The zero-order valence-electron chi connectivity index (χ0n) is 19.8. The predicted molar refractivity (Wildman–Crippen MR) is 134 cm³/mol. The summed E-state index contributed by atoms with van der Waals surface area (Å²) in [5.74, 6) is -1.26. The number of hydrogen-bond acceptors (Lipinski definition) is 6. The van der Waals surface area contributed by atoms with Gasteiger partial charge in [-0.15, -0.1) is 0 Å². The minimum Gasteiger partial charge on any atom is -0.457 e. The first kappa shape index (κ1) is 26.1. The number of fused-ring (bicyclic) bond motifs is 1. The fourth-order valence-electron chi connectivity index (χ4n) is 3.06. The lowest BCUT2D eigenvalue weighted by Crippen LogP contribution is -2.27. The molecule has 0 bridgehead atoms. The summed E-state index contributed by atoms with van der Waals surface area (Å²) >= 11 is 0. The van der Waals surface area contributed by atoms with Gasteiger partial charge in [0.25, 0.3) is 0 Å². The van der Waals surface area contributed by atoms with E-state index in [1.165, 1.54) is 18.2 Å². The van der Waals surface area contributed by atoms with Crippen molar-refractivity contribution in [1.82, 2.24) is 4.72 Å². The standard InChI is InChI=1S/C26H28N2O6S/c1-26(2,3)25(31)28-21-11-8-19(9-12-21)23(29)17-34-24(30)14-15-27-35(32,33)22-13-10-18-6-4-5-7-20(18)16-22/h4-13,16,27H,14-15,17H2,1-3H3,(H,28,31). The summed E-state index contributed by atoms with van der Waals surface area (Å²) in [7, 11) is -3.80. The summed E-state index contributed by atoms with van der Waals surface area (Å²) in [5.41, 5.74) is 0.326. The molecule has 1 amide bonds. The number of nitrogens with one attached hydrogen (secondary N) is 2. The zero-order valence-corrected chi connectivity index (χ0v) is 20.6. The minimum absolute atomic E-state index is 0.0990. The summed E-state index contributed by atoms with van der Waals surface area (Å²) in [5, 5.41) is 4.47. The molecule has 3 rings (SSSR count). The molecule has 0 unspecified atom stereocenters. The third-order valence-corrected chi connectivity index (χ3v) is 6.62. The van der Waals surface area contributed by atoms with Crippen molar-refractivity contribution in [2.45, 2.75) is 32.1 Å². The van der Waals surface area contributed by atoms with E-state index in [4.69, 9.17) is 4.74 Å². The Morgan fingerprint density at radius 2 is 1.54 bits per heavy atom. The number of amides is 1. The van der Waals surface area contributed by atoms with E-state index in [2.05, 4.69) is 10.0 Å². The Balaban J connectivity index is 1.45. The molecular weight excluding hydrogens is 468 g/mol. The molecule has 0 spiro atoms. The first-order valence-corrected chi connectivity index (χ1v) is 12.5. The van der Waals surface area contributed by atoms with E-state index in [9.17, 15) is 22.8 Å². The topological polar surface area (TPSA) is 119 Å². The number of Topliss-reactive ketones (excluding diaryl/α,β-unsaturated/α-hetero) is 1. The van der Waals surface area contributed by atoms with Gasteiger partial charge in [-0.1, -0.05) is 51.1 Å². The van der Waals surface area contributed by atoms with Gasteiger partial charge in [0.15, 0.2) is 12.4 Å². The molecule has 0 aliphatic carbocycles. The van der Waals surface area contributed by atoms with E-state index in [0.29, 0.717) is 11.3 Å². The molecule has 0 radical (unpaired) electrons. The zero-order chi connectivity index (χ0) is 25.6. The third-order valence-electron chi connectivity index (χ3n) is 5.16. The van der Waals surface area contributed by atoms with Crippen LogP contribution in [0.2, 0.25) is 0 Å². The lowest BCUT2D eigenvalue weighted by molar-refractivity contribution is -0.142. The number of sulfonamides is 1. The van der Waals surface area contributed by atoms with Crippen LogP contribution in [0, 0.1) is 5.41 Å². The van der Waals surface area contributed by atoms with Gasteiger partial charge in [-0.05, 0) is 47.2 Å². The number of anilines is 1. The quantitative estimate of drug-likeness (QED) is 0.342. The van der Waals surface area contributed by atoms with Gasteiger partial charge in [0, 0.05) is 23.2 Å². The van der Waals surface area contributed by atoms with E-state index < -0.39 is 33.8 Å². The van der Waals surface area contributed by atoms with Crippen LogP contribution < -0.4 is 10.0 Å². The highest BCUT2D eigenvalue weighted by molar-refractivity contribution is 7.89. The van der Waals surface area contributed by atoms with Gasteiger partial charge < -0.3 is 10.1 Å². The van der Waals surface area contributed by atoms with E-state index in [-0.39, 0.29) is 23.8 Å². The first-order chi connectivity index (χ1) is 16.5. The molecule has 35 heavy (non-hydrogen) atoms. The van der Waals surface area contributed by atoms with Crippen molar-refractivity contribution >= 4 is 44.1 Å². The number of benzene rings is 3. The molecule has 0 saturated heterocycles. The molecule has 0 fully saturated rings. The maximum Gasteiger partial charge on any atom is 0.307 e. The number of rotatable bonds is 9. The van der Waals surface area contributed by atoms with Gasteiger partial charge in [-0.2, -0.15) is 0 Å². The Kier molecular flexibility index (Phi) is 8.03. The van der Waals surface area contributed by atoms with Crippen molar-refractivity contribution in [3.63, 3.8) is 0 Å². The highest BCUT2D eigenvalue weighted by atomic mass is 32.2. The molecule has 0 aromatic heterocycles. The van der Waals surface area contributed by atoms with E-state index in [1.807, 2.05) is 24.3 Å². The number of ketones is 1. The molecular formula is C26H28N2O6S. The Morgan fingerprint density at radius 1 is 0.886 bits per heavy atom. The van der Waals surface area contributed by atoms with Crippen LogP contribution >= 0.6 is 0 Å². The summed E-state index contributed by atoms with van der Waals surface area (Å²) < 4.78 is 32.4. The smallest absolute Gasteiger partial charge is 0.307 e. The van der Waals surface area contributed by atoms with Crippen molar-refractivity contribution in [3.8, 4) is 0 Å². The summed E-state index contributed by atoms with van der Waals surface area (Å²) in [6.07, 6.45) is -0.224. The second kappa shape index (κ2) is 10.8. The molecule has 8 nitrogen and oxygen atoms in total. The molecule has 0 atom stereocenters. The Bertz CT molecular complexity index is 1340. The largest absolute Gasteiger partial charge is 0.457 e. The second-order valence-corrected chi connectivity index (χ2v) is 10.8. The van der Waals surface area contributed by atoms with Crippen molar-refractivity contribution in [1.29, 1.82) is 0 Å². The Labute approximate surface area is 204 Å². The molecule has 0 heterocycles. The maximum atomic E-state index is 12.5. The predicted octanol–water partition coefficient (Wildman–Crippen LogP) is 3.92. The summed E-state index contributed by atoms with van der Waals surface area (Å²) in [6, 6.07) is 18.4. The average molecular weight is 497 g/mol. The fraction of sp³-hybridized carbons (Fsp3) is 0.269. The van der Waals surface area contributed by atoms with Crippen molar-refractivity contribution in [2.75, 3.05) is 18.5 Å². The molecule has 2 N–H and O–H groups in total. The number of carbonyl (C=O) groups is 3. The molecule has 3 aromatic carbocycles. The number of hydrogen-bond donors (Lipinski definition) is 2. The highest BCUT2D eigenvalue weighted by Gasteiger charge is 2.21. The van der Waals surface area contributed by atoms with Crippen LogP contribution in [-0.4, -0.2) is 39.2 Å². The van der Waals surface area contributed by atoms with Crippen LogP contribution in [0.1, 0.15) is 37.6 Å². The van der Waals surface area contributed by atoms with Crippen LogP contribution in [0.15, 0.2) is 71.6 Å². The van der Waals surface area contributed by atoms with Gasteiger partial charge >= 0.3 is 5.97 Å². The summed E-state index contributed by atoms with van der Waals surface area (Å²) in [4.78, 5) is 36.4.